The van der Waals surface area contributed by atoms with Crippen LogP contribution in [0.2, 0.25) is 0 Å². The van der Waals surface area contributed by atoms with Gasteiger partial charge in [0.1, 0.15) is 0 Å². The molecule has 1 rings (SSSR count). The molecule has 4 heteroatoms. The van der Waals surface area contributed by atoms with E-state index in [1.165, 1.54) is 12.0 Å². The Morgan fingerprint density at radius 3 is 3.00 bits per heavy atom. The number of amides is 2. The van der Waals surface area contributed by atoms with Gasteiger partial charge in [0.25, 0.3) is 0 Å². The van der Waals surface area contributed by atoms with Crippen molar-refractivity contribution in [2.45, 2.75) is 0 Å². The Labute approximate surface area is 77.1 Å². The molecular formula is C9H11N2O2. The zero-order chi connectivity index (χ0) is 9.68. The molecule has 69 valence electrons. The van der Waals surface area contributed by atoms with Crippen molar-refractivity contribution in [1.82, 2.24) is 5.48 Å². The fourth-order valence-electron chi connectivity index (χ4n) is 0.866. The minimum absolute atomic E-state index is 0.317. The van der Waals surface area contributed by atoms with E-state index in [9.17, 15) is 4.79 Å². The van der Waals surface area contributed by atoms with Gasteiger partial charge in [-0.15, -0.1) is 0 Å². The molecule has 1 aromatic rings. The number of nitrogens with zero attached hydrogens (tertiary/aromatic N) is 1. The van der Waals surface area contributed by atoms with Gasteiger partial charge in [0.05, 0.1) is 7.11 Å². The summed E-state index contributed by atoms with van der Waals surface area (Å²) >= 11 is 0. The molecule has 0 unspecified atom stereocenters. The van der Waals surface area contributed by atoms with Gasteiger partial charge in [0.15, 0.2) is 0 Å². The summed E-state index contributed by atoms with van der Waals surface area (Å²) in [5, 5.41) is 0. The van der Waals surface area contributed by atoms with Gasteiger partial charge in [-0.25, -0.2) is 10.3 Å². The zero-order valence-corrected chi connectivity index (χ0v) is 7.57. The standard InChI is InChI=1S/C9H11N2O2/c1-11(9(12)10-13-2)8-6-4-3-5-7-8/h3-4,6-7H,1-2H3,(H,10,12). The van der Waals surface area contributed by atoms with E-state index in [1.807, 2.05) is 12.1 Å². The SMILES string of the molecule is CONC(=O)N(C)c1c[c]ccc1. The largest absolute Gasteiger partial charge is 0.345 e. The average molecular weight is 179 g/mol. The topological polar surface area (TPSA) is 41.6 Å². The molecule has 1 N–H and O–H groups in total. The maximum absolute atomic E-state index is 11.2. The van der Waals surface area contributed by atoms with E-state index in [1.54, 1.807) is 19.2 Å². The van der Waals surface area contributed by atoms with Crippen molar-refractivity contribution >= 4 is 11.7 Å². The van der Waals surface area contributed by atoms with Crippen LogP contribution < -0.4 is 10.4 Å². The third-order valence-electron chi connectivity index (χ3n) is 1.57. The molecule has 0 saturated carbocycles. The monoisotopic (exact) mass is 179 g/mol. The molecule has 0 fully saturated rings. The Kier molecular flexibility index (Phi) is 3.28. The summed E-state index contributed by atoms with van der Waals surface area (Å²) in [4.78, 5) is 17.1. The van der Waals surface area contributed by atoms with Crippen molar-refractivity contribution in [3.05, 3.63) is 30.3 Å². The normalized spacial score (nSPS) is 9.38. The molecule has 0 aliphatic rings. The summed E-state index contributed by atoms with van der Waals surface area (Å²) in [7, 11) is 3.04. The number of nitrogens with one attached hydrogen (secondary N) is 1. The molecule has 0 spiro atoms. The number of carbonyl (C=O) groups is 1. The summed E-state index contributed by atoms with van der Waals surface area (Å²) in [5.41, 5.74) is 2.98. The van der Waals surface area contributed by atoms with Crippen LogP contribution >= 0.6 is 0 Å². The van der Waals surface area contributed by atoms with E-state index < -0.39 is 0 Å². The summed E-state index contributed by atoms with van der Waals surface area (Å²) in [6.45, 7) is 0. The first-order valence-electron chi connectivity index (χ1n) is 3.78. The van der Waals surface area contributed by atoms with Gasteiger partial charge in [-0.1, -0.05) is 12.1 Å². The van der Waals surface area contributed by atoms with E-state index >= 15 is 0 Å². The highest BCUT2D eigenvalue weighted by Gasteiger charge is 2.08. The first-order valence-corrected chi connectivity index (χ1v) is 3.78. The number of carbonyl (C=O) groups excluding carboxylic acids is 1. The molecule has 4 nitrogen and oxygen atoms in total. The number of hydrogen-bond donors (Lipinski definition) is 1. The van der Waals surface area contributed by atoms with Gasteiger partial charge in [0.2, 0.25) is 0 Å². The molecule has 0 bridgehead atoms. The molecule has 0 aromatic heterocycles. The van der Waals surface area contributed by atoms with Gasteiger partial charge < -0.3 is 0 Å². The molecule has 1 radical (unpaired) electrons. The quantitative estimate of drug-likeness (QED) is 0.693. The predicted molar refractivity (Wildman–Crippen MR) is 49.2 cm³/mol. The number of hydrogen-bond acceptors (Lipinski definition) is 2. The van der Waals surface area contributed by atoms with Crippen LogP contribution in [0.25, 0.3) is 0 Å². The number of anilines is 1. The highest BCUT2D eigenvalue weighted by atomic mass is 16.6. The smallest absolute Gasteiger partial charge is 0.296 e. The molecule has 0 heterocycles. The average Bonchev–Trinajstić information content (AvgIpc) is 2.18. The van der Waals surface area contributed by atoms with Crippen LogP contribution in [0, 0.1) is 6.07 Å². The van der Waals surface area contributed by atoms with Crippen molar-refractivity contribution in [3.63, 3.8) is 0 Å². The van der Waals surface area contributed by atoms with E-state index in [0.29, 0.717) is 0 Å². The van der Waals surface area contributed by atoms with Crippen molar-refractivity contribution in [1.29, 1.82) is 0 Å². The van der Waals surface area contributed by atoms with Crippen molar-refractivity contribution < 1.29 is 9.63 Å². The first-order chi connectivity index (χ1) is 6.25. The molecule has 0 aliphatic carbocycles. The molecule has 0 aliphatic heterocycles. The van der Waals surface area contributed by atoms with Gasteiger partial charge in [-0.2, -0.15) is 0 Å². The van der Waals surface area contributed by atoms with Crippen LogP contribution in [0.4, 0.5) is 10.5 Å². The minimum atomic E-state index is -0.317. The fourth-order valence-corrected chi connectivity index (χ4v) is 0.866. The lowest BCUT2D eigenvalue weighted by molar-refractivity contribution is 0.111. The highest BCUT2D eigenvalue weighted by Crippen LogP contribution is 2.09. The Hall–Kier alpha value is -1.55. The molecular weight excluding hydrogens is 168 g/mol. The first kappa shape index (κ1) is 9.54. The molecule has 2 amide bonds. The van der Waals surface area contributed by atoms with Crippen LogP contribution in [0.1, 0.15) is 0 Å². The maximum atomic E-state index is 11.2. The van der Waals surface area contributed by atoms with Crippen LogP contribution in [0.15, 0.2) is 24.3 Å². The third-order valence-corrected chi connectivity index (χ3v) is 1.57. The van der Waals surface area contributed by atoms with Crippen molar-refractivity contribution in [2.24, 2.45) is 0 Å². The minimum Gasteiger partial charge on any atom is -0.296 e. The summed E-state index contributed by atoms with van der Waals surface area (Å²) in [5.74, 6) is 0. The number of benzene rings is 1. The number of rotatable bonds is 2. The van der Waals surface area contributed by atoms with E-state index in [0.717, 1.165) is 5.69 Å². The van der Waals surface area contributed by atoms with Crippen LogP contribution in [-0.2, 0) is 4.84 Å². The fraction of sp³-hybridized carbons (Fsp3) is 0.222. The van der Waals surface area contributed by atoms with Gasteiger partial charge in [0, 0.05) is 12.7 Å². The Bertz CT molecular complexity index is 274. The van der Waals surface area contributed by atoms with Crippen molar-refractivity contribution in [3.8, 4) is 0 Å². The predicted octanol–water partition coefficient (Wildman–Crippen LogP) is 1.19. The lowest BCUT2D eigenvalue weighted by atomic mass is 10.3. The van der Waals surface area contributed by atoms with Gasteiger partial charge >= 0.3 is 6.03 Å². The molecule has 0 saturated heterocycles. The molecule has 13 heavy (non-hydrogen) atoms. The van der Waals surface area contributed by atoms with Crippen LogP contribution in [0.5, 0.6) is 0 Å². The molecule has 0 atom stereocenters. The van der Waals surface area contributed by atoms with E-state index in [2.05, 4.69) is 16.4 Å². The lowest BCUT2D eigenvalue weighted by Crippen LogP contribution is -2.36. The Morgan fingerprint density at radius 1 is 1.69 bits per heavy atom. The number of hydroxylamine groups is 1. The summed E-state index contributed by atoms with van der Waals surface area (Å²) in [6.07, 6.45) is 0. The second-order valence-electron chi connectivity index (χ2n) is 2.43. The second kappa shape index (κ2) is 4.47. The second-order valence-corrected chi connectivity index (χ2v) is 2.43. The number of urea groups is 1. The van der Waals surface area contributed by atoms with E-state index in [-0.39, 0.29) is 6.03 Å². The van der Waals surface area contributed by atoms with Gasteiger partial charge in [-0.3, -0.25) is 9.74 Å². The third kappa shape index (κ3) is 2.45. The molecule has 1 aromatic carbocycles. The summed E-state index contributed by atoms with van der Waals surface area (Å²) in [6, 6.07) is 9.67. The van der Waals surface area contributed by atoms with Crippen LogP contribution in [-0.4, -0.2) is 20.2 Å². The van der Waals surface area contributed by atoms with Gasteiger partial charge in [-0.05, 0) is 18.2 Å². The Morgan fingerprint density at radius 2 is 2.46 bits per heavy atom. The maximum Gasteiger partial charge on any atom is 0.345 e. The Balaban J connectivity index is 2.68. The van der Waals surface area contributed by atoms with Crippen LogP contribution in [0.3, 0.4) is 0 Å². The highest BCUT2D eigenvalue weighted by molar-refractivity contribution is 5.90. The van der Waals surface area contributed by atoms with Crippen molar-refractivity contribution in [2.75, 3.05) is 19.1 Å². The summed E-state index contributed by atoms with van der Waals surface area (Å²) < 4.78 is 0. The lowest BCUT2D eigenvalue weighted by Gasteiger charge is -2.16. The van der Waals surface area contributed by atoms with E-state index in [4.69, 9.17) is 0 Å². The zero-order valence-electron chi connectivity index (χ0n) is 7.57.